The molecule has 0 aliphatic carbocycles. The van der Waals surface area contributed by atoms with Crippen molar-refractivity contribution in [3.05, 3.63) is 42.5 Å². The fourth-order valence-electron chi connectivity index (χ4n) is 1.70. The van der Waals surface area contributed by atoms with Crippen LogP contribution in [0, 0.1) is 0 Å². The molecule has 98 valence electrons. The zero-order valence-corrected chi connectivity index (χ0v) is 11.5. The van der Waals surface area contributed by atoms with Crippen molar-refractivity contribution in [3.8, 4) is 11.5 Å². The molecule has 1 aromatic heterocycles. The van der Waals surface area contributed by atoms with E-state index in [1.807, 2.05) is 36.4 Å². The van der Waals surface area contributed by atoms with E-state index in [1.165, 1.54) is 11.5 Å². The molecule has 3 rings (SSSR count). The summed E-state index contributed by atoms with van der Waals surface area (Å²) in [6, 6.07) is 13.1. The van der Waals surface area contributed by atoms with Crippen LogP contribution in [0.5, 0.6) is 11.5 Å². The number of halogens is 1. The lowest BCUT2D eigenvalue weighted by molar-refractivity contribution is 0.486. The Kier molecular flexibility index (Phi) is 3.78. The Hall–Kier alpha value is -1.98. The van der Waals surface area contributed by atoms with Gasteiger partial charge in [0.25, 0.3) is 0 Å². The zero-order valence-electron chi connectivity index (χ0n) is 9.87. The van der Waals surface area contributed by atoms with Crippen molar-refractivity contribution in [1.29, 1.82) is 0 Å². The Morgan fingerprint density at radius 1 is 1.05 bits per heavy atom. The molecule has 6 heteroatoms. The summed E-state index contributed by atoms with van der Waals surface area (Å²) >= 11 is 1.36. The van der Waals surface area contributed by atoms with Gasteiger partial charge in [0.1, 0.15) is 17.3 Å². The van der Waals surface area contributed by atoms with E-state index in [9.17, 15) is 0 Å². The van der Waals surface area contributed by atoms with Gasteiger partial charge in [-0.15, -0.1) is 12.4 Å². The van der Waals surface area contributed by atoms with E-state index < -0.39 is 0 Å². The zero-order chi connectivity index (χ0) is 12.5. The fraction of sp³-hybridized carbons (Fsp3) is 0. The monoisotopic (exact) mass is 293 g/mol. The number of aromatic nitrogens is 1. The van der Waals surface area contributed by atoms with Crippen LogP contribution in [0.4, 0.5) is 11.5 Å². The second-order valence-corrected chi connectivity index (χ2v) is 4.67. The van der Waals surface area contributed by atoms with E-state index in [0.717, 1.165) is 15.8 Å². The molecule has 4 N–H and O–H groups in total. The molecule has 3 aromatic rings. The molecule has 0 unspecified atom stereocenters. The Morgan fingerprint density at radius 2 is 1.84 bits per heavy atom. The van der Waals surface area contributed by atoms with Gasteiger partial charge in [-0.3, -0.25) is 0 Å². The van der Waals surface area contributed by atoms with Crippen molar-refractivity contribution < 1.29 is 4.74 Å². The SMILES string of the molecule is Cl.Nc1ccccc1Oc1ccc2c(N)nsc2c1. The van der Waals surface area contributed by atoms with E-state index in [-0.39, 0.29) is 12.4 Å². The standard InChI is InChI=1S/C13H11N3OS.ClH/c14-10-3-1-2-4-11(10)17-8-5-6-9-12(7-8)18-16-13(9)15;/h1-7H,14H2,(H2,15,16);1H. The third-order valence-corrected chi connectivity index (χ3v) is 3.44. The number of ether oxygens (including phenoxy) is 1. The molecule has 0 saturated heterocycles. The number of hydrogen-bond acceptors (Lipinski definition) is 5. The Morgan fingerprint density at radius 3 is 2.63 bits per heavy atom. The largest absolute Gasteiger partial charge is 0.455 e. The van der Waals surface area contributed by atoms with Crippen LogP contribution in [0.2, 0.25) is 0 Å². The molecule has 0 radical (unpaired) electrons. The first-order chi connectivity index (χ1) is 8.74. The van der Waals surface area contributed by atoms with Gasteiger partial charge in [-0.2, -0.15) is 4.37 Å². The average molecular weight is 294 g/mol. The topological polar surface area (TPSA) is 74.2 Å². The molecular formula is C13H12ClN3OS. The number of nitrogens with two attached hydrogens (primary N) is 2. The highest BCUT2D eigenvalue weighted by Gasteiger charge is 2.06. The lowest BCUT2D eigenvalue weighted by Gasteiger charge is -2.07. The molecule has 0 bridgehead atoms. The molecule has 2 aromatic carbocycles. The lowest BCUT2D eigenvalue weighted by Crippen LogP contribution is -1.91. The second-order valence-electron chi connectivity index (χ2n) is 3.87. The third kappa shape index (κ3) is 2.57. The Labute approximate surface area is 120 Å². The van der Waals surface area contributed by atoms with Gasteiger partial charge in [0.05, 0.1) is 10.4 Å². The summed E-state index contributed by atoms with van der Waals surface area (Å²) in [6.07, 6.45) is 0. The summed E-state index contributed by atoms with van der Waals surface area (Å²) in [5.41, 5.74) is 12.2. The van der Waals surface area contributed by atoms with Crippen LogP contribution in [0.3, 0.4) is 0 Å². The maximum Gasteiger partial charge on any atom is 0.150 e. The van der Waals surface area contributed by atoms with Gasteiger partial charge in [0, 0.05) is 11.5 Å². The van der Waals surface area contributed by atoms with Crippen LogP contribution in [0.15, 0.2) is 42.5 Å². The second kappa shape index (κ2) is 5.34. The number of anilines is 2. The summed E-state index contributed by atoms with van der Waals surface area (Å²) < 4.78 is 10.8. The van der Waals surface area contributed by atoms with Gasteiger partial charge in [0.15, 0.2) is 0 Å². The molecule has 0 saturated carbocycles. The smallest absolute Gasteiger partial charge is 0.150 e. The highest BCUT2D eigenvalue weighted by Crippen LogP contribution is 2.32. The molecule has 0 amide bonds. The highest BCUT2D eigenvalue weighted by molar-refractivity contribution is 7.13. The number of nitrogens with zero attached hydrogens (tertiary/aromatic N) is 1. The van der Waals surface area contributed by atoms with Crippen LogP contribution in [0.1, 0.15) is 0 Å². The molecular weight excluding hydrogens is 282 g/mol. The van der Waals surface area contributed by atoms with Crippen molar-refractivity contribution in [2.24, 2.45) is 0 Å². The summed E-state index contributed by atoms with van der Waals surface area (Å²) in [4.78, 5) is 0. The number of nitrogen functional groups attached to an aromatic ring is 2. The maximum absolute atomic E-state index is 5.83. The van der Waals surface area contributed by atoms with Gasteiger partial charge < -0.3 is 16.2 Å². The van der Waals surface area contributed by atoms with E-state index in [1.54, 1.807) is 6.07 Å². The van der Waals surface area contributed by atoms with Gasteiger partial charge >= 0.3 is 0 Å². The first kappa shape index (κ1) is 13.5. The van der Waals surface area contributed by atoms with Gasteiger partial charge in [-0.1, -0.05) is 12.1 Å². The van der Waals surface area contributed by atoms with Crippen molar-refractivity contribution >= 4 is 45.5 Å². The predicted octanol–water partition coefficient (Wildman–Crippen LogP) is 3.67. The highest BCUT2D eigenvalue weighted by atomic mass is 35.5. The predicted molar refractivity (Wildman–Crippen MR) is 82.2 cm³/mol. The van der Waals surface area contributed by atoms with Crippen molar-refractivity contribution in [2.75, 3.05) is 11.5 Å². The van der Waals surface area contributed by atoms with Crippen molar-refractivity contribution in [1.82, 2.24) is 4.37 Å². The summed E-state index contributed by atoms with van der Waals surface area (Å²) in [5.74, 6) is 1.93. The number of benzene rings is 2. The fourth-order valence-corrected chi connectivity index (χ4v) is 2.44. The third-order valence-electron chi connectivity index (χ3n) is 2.62. The Bertz CT molecular complexity index is 714. The van der Waals surface area contributed by atoms with Crippen LogP contribution in [-0.2, 0) is 0 Å². The van der Waals surface area contributed by atoms with Crippen molar-refractivity contribution in [3.63, 3.8) is 0 Å². The van der Waals surface area contributed by atoms with Crippen LogP contribution in [0.25, 0.3) is 10.1 Å². The van der Waals surface area contributed by atoms with E-state index in [4.69, 9.17) is 16.2 Å². The molecule has 1 heterocycles. The minimum atomic E-state index is 0. The molecule has 19 heavy (non-hydrogen) atoms. The Balaban J connectivity index is 0.00000133. The van der Waals surface area contributed by atoms with E-state index in [2.05, 4.69) is 4.37 Å². The van der Waals surface area contributed by atoms with Gasteiger partial charge in [0.2, 0.25) is 0 Å². The van der Waals surface area contributed by atoms with Gasteiger partial charge in [-0.05, 0) is 35.8 Å². The van der Waals surface area contributed by atoms with Crippen LogP contribution >= 0.6 is 23.9 Å². The minimum absolute atomic E-state index is 0. The molecule has 0 aliphatic heterocycles. The number of hydrogen-bond donors (Lipinski definition) is 2. The molecule has 4 nitrogen and oxygen atoms in total. The molecule has 0 atom stereocenters. The molecule has 0 fully saturated rings. The van der Waals surface area contributed by atoms with E-state index >= 15 is 0 Å². The summed E-state index contributed by atoms with van der Waals surface area (Å²) in [6.45, 7) is 0. The summed E-state index contributed by atoms with van der Waals surface area (Å²) in [5, 5.41) is 0.952. The number of para-hydroxylation sites is 2. The molecule has 0 spiro atoms. The van der Waals surface area contributed by atoms with Gasteiger partial charge in [-0.25, -0.2) is 0 Å². The van der Waals surface area contributed by atoms with Crippen molar-refractivity contribution in [2.45, 2.75) is 0 Å². The number of fused-ring (bicyclic) bond motifs is 1. The maximum atomic E-state index is 5.83. The first-order valence-electron chi connectivity index (χ1n) is 5.41. The number of rotatable bonds is 2. The quantitative estimate of drug-likeness (QED) is 0.707. The minimum Gasteiger partial charge on any atom is -0.455 e. The summed E-state index contributed by atoms with van der Waals surface area (Å²) in [7, 11) is 0. The van der Waals surface area contributed by atoms with E-state index in [0.29, 0.717) is 17.3 Å². The average Bonchev–Trinajstić information content (AvgIpc) is 2.74. The van der Waals surface area contributed by atoms with Crippen LogP contribution in [-0.4, -0.2) is 4.37 Å². The molecule has 0 aliphatic rings. The van der Waals surface area contributed by atoms with Crippen LogP contribution < -0.4 is 16.2 Å². The normalized spacial score (nSPS) is 10.1. The first-order valence-corrected chi connectivity index (χ1v) is 6.18. The lowest BCUT2D eigenvalue weighted by atomic mass is 10.2.